The van der Waals surface area contributed by atoms with Crippen molar-refractivity contribution in [3.63, 3.8) is 0 Å². The highest BCUT2D eigenvalue weighted by atomic mass is 16.6. The minimum Gasteiger partial charge on any atom is -0.446 e. The molecule has 1 saturated heterocycles. The van der Waals surface area contributed by atoms with E-state index in [9.17, 15) is 5.11 Å². The van der Waals surface area contributed by atoms with Crippen molar-refractivity contribution in [3.8, 4) is 5.75 Å². The molecule has 3 aromatic rings. The number of rotatable bonds is 7. The highest BCUT2D eigenvalue weighted by molar-refractivity contribution is 5.60. The number of piperazine rings is 1. The van der Waals surface area contributed by atoms with Crippen LogP contribution in [0, 0.1) is 13.8 Å². The van der Waals surface area contributed by atoms with Crippen LogP contribution in [-0.4, -0.2) is 66.7 Å². The lowest BCUT2D eigenvalue weighted by atomic mass is 10.1. The molecule has 174 valence electrons. The number of hydrogen-bond acceptors (Lipinski definition) is 8. The lowest BCUT2D eigenvalue weighted by molar-refractivity contribution is -0.0163. The number of ether oxygens (including phenoxy) is 1. The minimum atomic E-state index is -1.18. The number of nitrogens with zero attached hydrogens (tertiary/aromatic N) is 5. The van der Waals surface area contributed by atoms with Crippen LogP contribution in [0.4, 0.5) is 23.1 Å². The summed E-state index contributed by atoms with van der Waals surface area (Å²) < 4.78 is 5.82. The Balaban J connectivity index is 1.41. The van der Waals surface area contributed by atoms with Crippen molar-refractivity contribution in [1.82, 2.24) is 14.9 Å². The van der Waals surface area contributed by atoms with Crippen LogP contribution in [0.3, 0.4) is 0 Å². The summed E-state index contributed by atoms with van der Waals surface area (Å²) in [6.45, 7) is 8.13. The number of aliphatic hydroxyl groups excluding tert-OH is 1. The van der Waals surface area contributed by atoms with Crippen molar-refractivity contribution in [1.29, 1.82) is 0 Å². The van der Waals surface area contributed by atoms with Gasteiger partial charge in [0.25, 0.3) is 6.41 Å². The molecule has 0 saturated carbocycles. The van der Waals surface area contributed by atoms with Crippen molar-refractivity contribution in [2.75, 3.05) is 55.4 Å². The van der Waals surface area contributed by atoms with E-state index in [0.29, 0.717) is 17.5 Å². The van der Waals surface area contributed by atoms with E-state index in [1.165, 1.54) is 5.69 Å². The summed E-state index contributed by atoms with van der Waals surface area (Å²) in [5.41, 5.74) is 4.05. The van der Waals surface area contributed by atoms with E-state index in [-0.39, 0.29) is 0 Å². The van der Waals surface area contributed by atoms with Gasteiger partial charge in [-0.25, -0.2) is 4.98 Å². The van der Waals surface area contributed by atoms with Gasteiger partial charge in [-0.1, -0.05) is 18.2 Å². The fraction of sp³-hybridized carbons (Fsp3) is 0.360. The van der Waals surface area contributed by atoms with E-state index in [1.54, 1.807) is 24.2 Å². The standard InChI is InChI=1S/C25H32N6O2/c1-18-6-5-7-19(2)23(18)33-25(32)30(4)22-12-13-26-24(28-22)27-20-8-10-21(11-9-20)31-16-14-29(3)15-17-31/h5-13,25,32H,14-17H2,1-4H3,(H,26,27,28). The fourth-order valence-electron chi connectivity index (χ4n) is 3.84. The summed E-state index contributed by atoms with van der Waals surface area (Å²) in [5.74, 6) is 1.66. The Hall–Kier alpha value is -3.36. The highest BCUT2D eigenvalue weighted by Crippen LogP contribution is 2.25. The average molecular weight is 449 g/mol. The molecule has 1 aliphatic rings. The SMILES string of the molecule is Cc1cccc(C)c1OC(O)N(C)c1ccnc(Nc2ccc(N3CCN(C)CC3)cc2)n1. The zero-order valence-corrected chi connectivity index (χ0v) is 19.7. The van der Waals surface area contributed by atoms with Gasteiger partial charge in [0.1, 0.15) is 11.6 Å². The van der Waals surface area contributed by atoms with Crippen LogP contribution >= 0.6 is 0 Å². The van der Waals surface area contributed by atoms with Crippen molar-refractivity contribution < 1.29 is 9.84 Å². The molecule has 1 fully saturated rings. The summed E-state index contributed by atoms with van der Waals surface area (Å²) in [4.78, 5) is 15.2. The number of benzene rings is 2. The summed E-state index contributed by atoms with van der Waals surface area (Å²) in [5, 5.41) is 13.9. The van der Waals surface area contributed by atoms with Crippen LogP contribution in [-0.2, 0) is 0 Å². The largest absolute Gasteiger partial charge is 0.446 e. The van der Waals surface area contributed by atoms with Crippen LogP contribution in [0.15, 0.2) is 54.7 Å². The number of likely N-dealkylation sites (N-methyl/N-ethyl adjacent to an activating group) is 1. The number of aromatic nitrogens is 2. The van der Waals surface area contributed by atoms with E-state index in [1.807, 2.05) is 44.2 Å². The maximum Gasteiger partial charge on any atom is 0.282 e. The molecule has 1 aliphatic heterocycles. The Morgan fingerprint density at radius 1 is 1.00 bits per heavy atom. The molecular weight excluding hydrogens is 416 g/mol. The van der Waals surface area contributed by atoms with Gasteiger partial charge >= 0.3 is 0 Å². The van der Waals surface area contributed by atoms with Gasteiger partial charge < -0.3 is 29.9 Å². The molecule has 8 heteroatoms. The van der Waals surface area contributed by atoms with Crippen molar-refractivity contribution in [2.45, 2.75) is 20.3 Å². The molecule has 0 bridgehead atoms. The molecule has 0 spiro atoms. The maximum absolute atomic E-state index is 10.6. The molecule has 2 heterocycles. The molecular formula is C25H32N6O2. The first-order chi connectivity index (χ1) is 15.9. The summed E-state index contributed by atoms with van der Waals surface area (Å²) in [7, 11) is 3.89. The van der Waals surface area contributed by atoms with Gasteiger partial charge in [0.05, 0.1) is 0 Å². The molecule has 2 aromatic carbocycles. The number of nitrogens with one attached hydrogen (secondary N) is 1. The zero-order chi connectivity index (χ0) is 23.4. The molecule has 1 aromatic heterocycles. The first-order valence-corrected chi connectivity index (χ1v) is 11.2. The second-order valence-corrected chi connectivity index (χ2v) is 8.48. The predicted octanol–water partition coefficient (Wildman–Crippen LogP) is 3.38. The monoisotopic (exact) mass is 448 g/mol. The smallest absolute Gasteiger partial charge is 0.282 e. The Morgan fingerprint density at radius 2 is 1.67 bits per heavy atom. The lowest BCUT2D eigenvalue weighted by Gasteiger charge is -2.34. The van der Waals surface area contributed by atoms with Crippen LogP contribution in [0.2, 0.25) is 0 Å². The lowest BCUT2D eigenvalue weighted by Crippen LogP contribution is -2.44. The Labute approximate surface area is 195 Å². The number of aryl methyl sites for hydroxylation is 2. The third kappa shape index (κ3) is 5.53. The summed E-state index contributed by atoms with van der Waals surface area (Å²) in [6, 6.07) is 15.9. The number of aliphatic hydroxyl groups is 1. The predicted molar refractivity (Wildman–Crippen MR) is 132 cm³/mol. The van der Waals surface area contributed by atoms with Gasteiger partial charge in [-0.05, 0) is 62.4 Å². The van der Waals surface area contributed by atoms with Crippen molar-refractivity contribution in [3.05, 3.63) is 65.9 Å². The van der Waals surface area contributed by atoms with Crippen LogP contribution in [0.5, 0.6) is 5.75 Å². The second-order valence-electron chi connectivity index (χ2n) is 8.48. The van der Waals surface area contributed by atoms with E-state index in [0.717, 1.165) is 43.0 Å². The highest BCUT2D eigenvalue weighted by Gasteiger charge is 2.18. The third-order valence-electron chi connectivity index (χ3n) is 5.96. The van der Waals surface area contributed by atoms with Crippen LogP contribution in [0.25, 0.3) is 0 Å². The number of para-hydroxylation sites is 1. The first-order valence-electron chi connectivity index (χ1n) is 11.2. The number of hydrogen-bond donors (Lipinski definition) is 2. The Kier molecular flexibility index (Phi) is 6.96. The molecule has 33 heavy (non-hydrogen) atoms. The summed E-state index contributed by atoms with van der Waals surface area (Å²) in [6.07, 6.45) is 0.473. The second kappa shape index (κ2) is 10.1. The Bertz CT molecular complexity index is 1050. The van der Waals surface area contributed by atoms with Gasteiger partial charge in [0.2, 0.25) is 5.95 Å². The van der Waals surface area contributed by atoms with Gasteiger partial charge in [-0.2, -0.15) is 4.98 Å². The van der Waals surface area contributed by atoms with Crippen molar-refractivity contribution in [2.24, 2.45) is 0 Å². The quantitative estimate of drug-likeness (QED) is 0.533. The number of anilines is 4. The molecule has 4 rings (SSSR count). The first kappa shape index (κ1) is 22.8. The normalized spacial score (nSPS) is 15.2. The molecule has 1 atom stereocenters. The van der Waals surface area contributed by atoms with E-state index in [2.05, 4.69) is 44.3 Å². The van der Waals surface area contributed by atoms with Crippen LogP contribution in [0.1, 0.15) is 11.1 Å². The fourth-order valence-corrected chi connectivity index (χ4v) is 3.84. The van der Waals surface area contributed by atoms with Crippen molar-refractivity contribution >= 4 is 23.1 Å². The summed E-state index contributed by atoms with van der Waals surface area (Å²) >= 11 is 0. The topological polar surface area (TPSA) is 77.0 Å². The zero-order valence-electron chi connectivity index (χ0n) is 19.7. The molecule has 1 unspecified atom stereocenters. The molecule has 8 nitrogen and oxygen atoms in total. The maximum atomic E-state index is 10.6. The van der Waals surface area contributed by atoms with Gasteiger partial charge in [-0.15, -0.1) is 0 Å². The van der Waals surface area contributed by atoms with Gasteiger partial charge in [0.15, 0.2) is 0 Å². The van der Waals surface area contributed by atoms with E-state index < -0.39 is 6.41 Å². The minimum absolute atomic E-state index is 0.450. The molecule has 0 amide bonds. The average Bonchev–Trinajstić information content (AvgIpc) is 2.82. The molecule has 0 aliphatic carbocycles. The van der Waals surface area contributed by atoms with E-state index >= 15 is 0 Å². The van der Waals surface area contributed by atoms with Gasteiger partial charge in [-0.3, -0.25) is 0 Å². The van der Waals surface area contributed by atoms with Crippen LogP contribution < -0.4 is 19.9 Å². The molecule has 0 radical (unpaired) electrons. The molecule has 2 N–H and O–H groups in total. The van der Waals surface area contributed by atoms with E-state index in [4.69, 9.17) is 4.74 Å². The Morgan fingerprint density at radius 3 is 2.33 bits per heavy atom. The van der Waals surface area contributed by atoms with Gasteiger partial charge in [0, 0.05) is 50.8 Å². The third-order valence-corrected chi connectivity index (χ3v) is 5.96.